The highest BCUT2D eigenvalue weighted by molar-refractivity contribution is 5.95. The van der Waals surface area contributed by atoms with E-state index in [4.69, 9.17) is 9.47 Å². The van der Waals surface area contributed by atoms with Gasteiger partial charge in [0.1, 0.15) is 5.75 Å². The van der Waals surface area contributed by atoms with E-state index in [2.05, 4.69) is 15.5 Å². The zero-order valence-electron chi connectivity index (χ0n) is 12.9. The van der Waals surface area contributed by atoms with Crippen molar-refractivity contribution >= 4 is 11.9 Å². The molecule has 1 aromatic carbocycles. The number of rotatable bonds is 5. The molecule has 8 nitrogen and oxygen atoms in total. The average Bonchev–Trinajstić information content (AvgIpc) is 3.06. The predicted octanol–water partition coefficient (Wildman–Crippen LogP) is 0.976. The summed E-state index contributed by atoms with van der Waals surface area (Å²) in [6.07, 6.45) is 0.716. The van der Waals surface area contributed by atoms with Gasteiger partial charge in [-0.3, -0.25) is 4.79 Å². The molecule has 1 aromatic heterocycles. The van der Waals surface area contributed by atoms with Gasteiger partial charge in [-0.15, -0.1) is 10.2 Å². The summed E-state index contributed by atoms with van der Waals surface area (Å²) >= 11 is 0. The third kappa shape index (κ3) is 3.12. The van der Waals surface area contributed by atoms with Gasteiger partial charge < -0.3 is 19.9 Å². The lowest BCUT2D eigenvalue weighted by atomic mass is 10.0. The Morgan fingerprint density at radius 3 is 2.79 bits per heavy atom. The lowest BCUT2D eigenvalue weighted by molar-refractivity contribution is -0.139. The topological polar surface area (TPSA) is 111 Å². The third-order valence-electron chi connectivity index (χ3n) is 3.65. The first-order valence-electron chi connectivity index (χ1n) is 7.25. The van der Waals surface area contributed by atoms with Crippen LogP contribution in [0.5, 0.6) is 11.6 Å². The molecule has 0 fully saturated rings. The molecule has 124 valence electrons. The van der Waals surface area contributed by atoms with Gasteiger partial charge in [-0.1, -0.05) is 6.07 Å². The number of carbonyl (C=O) groups is 2. The number of aliphatic carboxylic acids is 1. The molecule has 0 spiro atoms. The van der Waals surface area contributed by atoms with Gasteiger partial charge in [0.05, 0.1) is 13.7 Å². The molecule has 2 heterocycles. The molecule has 24 heavy (non-hydrogen) atoms. The number of amides is 1. The maximum Gasteiger partial charge on any atom is 0.330 e. The summed E-state index contributed by atoms with van der Waals surface area (Å²) < 4.78 is 10.3. The Balaban J connectivity index is 1.81. The molecule has 0 saturated heterocycles. The van der Waals surface area contributed by atoms with Gasteiger partial charge in [-0.25, -0.2) is 4.79 Å². The highest BCUT2D eigenvalue weighted by Gasteiger charge is 2.25. The number of carboxylic acid groups (broad SMARTS) is 1. The highest BCUT2D eigenvalue weighted by atomic mass is 16.5. The van der Waals surface area contributed by atoms with Crippen molar-refractivity contribution in [1.29, 1.82) is 0 Å². The number of benzene rings is 1. The van der Waals surface area contributed by atoms with E-state index in [9.17, 15) is 14.7 Å². The smallest absolute Gasteiger partial charge is 0.330 e. The molecular weight excluding hydrogens is 314 g/mol. The maximum absolute atomic E-state index is 12.2. The lowest BCUT2D eigenvalue weighted by Crippen LogP contribution is -2.34. The summed E-state index contributed by atoms with van der Waals surface area (Å²) in [4.78, 5) is 23.8. The molecule has 1 amide bonds. The predicted molar refractivity (Wildman–Crippen MR) is 82.1 cm³/mol. The lowest BCUT2D eigenvalue weighted by Gasteiger charge is -2.15. The molecule has 8 heteroatoms. The molecule has 2 aromatic rings. The van der Waals surface area contributed by atoms with Crippen LogP contribution in [0.2, 0.25) is 0 Å². The van der Waals surface area contributed by atoms with Crippen LogP contribution in [0.3, 0.4) is 0 Å². The fraction of sp³-hybridized carbons (Fsp3) is 0.250. The molecule has 0 bridgehead atoms. The Morgan fingerprint density at radius 1 is 1.29 bits per heavy atom. The third-order valence-corrected chi connectivity index (χ3v) is 3.65. The van der Waals surface area contributed by atoms with E-state index < -0.39 is 17.9 Å². The minimum Gasteiger partial charge on any atom is -0.493 e. The molecule has 3 rings (SSSR count). The van der Waals surface area contributed by atoms with E-state index in [1.807, 2.05) is 0 Å². The average molecular weight is 329 g/mol. The Bertz CT molecular complexity index is 776. The number of carboxylic acids is 1. The Labute approximate surface area is 137 Å². The van der Waals surface area contributed by atoms with E-state index in [1.165, 1.54) is 19.2 Å². The van der Waals surface area contributed by atoms with Crippen LogP contribution in [0.4, 0.5) is 0 Å². The second-order valence-electron chi connectivity index (χ2n) is 5.17. The van der Waals surface area contributed by atoms with Crippen LogP contribution in [-0.2, 0) is 11.2 Å². The van der Waals surface area contributed by atoms with Crippen LogP contribution in [0, 0.1) is 0 Å². The number of nitrogens with zero attached hydrogens (tertiary/aromatic N) is 2. The Morgan fingerprint density at radius 2 is 2.12 bits per heavy atom. The molecule has 1 atom stereocenters. The van der Waals surface area contributed by atoms with Crippen LogP contribution in [0.15, 0.2) is 30.3 Å². The van der Waals surface area contributed by atoms with E-state index in [1.54, 1.807) is 18.2 Å². The van der Waals surface area contributed by atoms with Gasteiger partial charge in [0, 0.05) is 12.5 Å². The number of nitrogens with one attached hydrogen (secondary N) is 1. The van der Waals surface area contributed by atoms with Gasteiger partial charge in [0.25, 0.3) is 5.91 Å². The number of ether oxygens (including phenoxy) is 2. The zero-order valence-corrected chi connectivity index (χ0v) is 12.9. The van der Waals surface area contributed by atoms with Crippen LogP contribution < -0.4 is 14.8 Å². The van der Waals surface area contributed by atoms with Crippen molar-refractivity contribution in [2.45, 2.75) is 12.5 Å². The SMILES string of the molecule is COc1ccc(C(=O)N[C@H](C(=O)O)c2ccc3c(c2)CCO3)nn1. The zero-order chi connectivity index (χ0) is 17.1. The number of methoxy groups -OCH3 is 1. The minimum absolute atomic E-state index is 0.00606. The van der Waals surface area contributed by atoms with E-state index in [-0.39, 0.29) is 11.6 Å². The van der Waals surface area contributed by atoms with E-state index >= 15 is 0 Å². The summed E-state index contributed by atoms with van der Waals surface area (Å²) in [5.74, 6) is -0.784. The van der Waals surface area contributed by atoms with Crippen molar-refractivity contribution in [3.63, 3.8) is 0 Å². The van der Waals surface area contributed by atoms with Crippen molar-refractivity contribution < 1.29 is 24.2 Å². The number of hydrogen-bond acceptors (Lipinski definition) is 6. The van der Waals surface area contributed by atoms with E-state index in [0.717, 1.165) is 11.3 Å². The minimum atomic E-state index is -1.19. The molecule has 0 saturated carbocycles. The standard InChI is InChI=1S/C16H15N3O5/c1-23-13-5-3-11(18-19-13)15(20)17-14(16(21)22)10-2-4-12-9(8-10)6-7-24-12/h2-5,8,14H,6-7H2,1H3,(H,17,20)(H,21,22)/t14-/m0/s1. The van der Waals surface area contributed by atoms with Gasteiger partial charge in [0.2, 0.25) is 5.88 Å². The van der Waals surface area contributed by atoms with Gasteiger partial charge >= 0.3 is 5.97 Å². The van der Waals surface area contributed by atoms with Crippen molar-refractivity contribution in [1.82, 2.24) is 15.5 Å². The van der Waals surface area contributed by atoms with Crippen LogP contribution in [-0.4, -0.2) is 40.9 Å². The normalized spacial score (nSPS) is 13.5. The van der Waals surface area contributed by atoms with Crippen LogP contribution in [0.25, 0.3) is 0 Å². The molecular formula is C16H15N3O5. The summed E-state index contributed by atoms with van der Waals surface area (Å²) in [6, 6.07) is 6.78. The maximum atomic E-state index is 12.2. The van der Waals surface area contributed by atoms with Crippen molar-refractivity contribution in [2.75, 3.05) is 13.7 Å². The van der Waals surface area contributed by atoms with Gasteiger partial charge in [0.15, 0.2) is 11.7 Å². The fourth-order valence-corrected chi connectivity index (χ4v) is 2.43. The van der Waals surface area contributed by atoms with Crippen molar-refractivity contribution in [2.24, 2.45) is 0 Å². The summed E-state index contributed by atoms with van der Waals surface area (Å²) in [6.45, 7) is 0.574. The Kier molecular flexibility index (Phi) is 4.28. The quantitative estimate of drug-likeness (QED) is 0.841. The largest absolute Gasteiger partial charge is 0.493 e. The molecule has 0 aliphatic carbocycles. The van der Waals surface area contributed by atoms with E-state index in [0.29, 0.717) is 18.6 Å². The summed E-state index contributed by atoms with van der Waals surface area (Å²) in [5.41, 5.74) is 1.41. The Hall–Kier alpha value is -3.16. The van der Waals surface area contributed by atoms with Crippen LogP contribution >= 0.6 is 0 Å². The number of hydrogen-bond donors (Lipinski definition) is 2. The summed E-state index contributed by atoms with van der Waals surface area (Å²) in [5, 5.41) is 19.3. The number of aromatic nitrogens is 2. The molecule has 1 aliphatic heterocycles. The second-order valence-corrected chi connectivity index (χ2v) is 5.17. The van der Waals surface area contributed by atoms with Crippen LogP contribution in [0.1, 0.15) is 27.7 Å². The molecule has 0 unspecified atom stereocenters. The van der Waals surface area contributed by atoms with Crippen molar-refractivity contribution in [3.05, 3.63) is 47.2 Å². The monoisotopic (exact) mass is 329 g/mol. The summed E-state index contributed by atoms with van der Waals surface area (Å²) in [7, 11) is 1.43. The molecule has 2 N–H and O–H groups in total. The first-order valence-corrected chi connectivity index (χ1v) is 7.25. The highest BCUT2D eigenvalue weighted by Crippen LogP contribution is 2.28. The molecule has 0 radical (unpaired) electrons. The second kappa shape index (κ2) is 6.53. The first kappa shape index (κ1) is 15.7. The first-order chi connectivity index (χ1) is 11.6. The van der Waals surface area contributed by atoms with Gasteiger partial charge in [-0.05, 0) is 29.3 Å². The number of carbonyl (C=O) groups excluding carboxylic acids is 1. The van der Waals surface area contributed by atoms with Crippen molar-refractivity contribution in [3.8, 4) is 11.6 Å². The fourth-order valence-electron chi connectivity index (χ4n) is 2.43. The molecule has 1 aliphatic rings. The number of fused-ring (bicyclic) bond motifs is 1. The van der Waals surface area contributed by atoms with Gasteiger partial charge in [-0.2, -0.15) is 0 Å².